The van der Waals surface area contributed by atoms with Gasteiger partial charge in [-0.25, -0.2) is 4.79 Å². The van der Waals surface area contributed by atoms with Crippen LogP contribution in [0.5, 0.6) is 0 Å². The minimum absolute atomic E-state index is 0. The molecule has 0 spiro atoms. The van der Waals surface area contributed by atoms with E-state index in [1.54, 1.807) is 18.2 Å². The van der Waals surface area contributed by atoms with Crippen molar-refractivity contribution in [1.29, 1.82) is 0 Å². The van der Waals surface area contributed by atoms with Gasteiger partial charge in [0, 0.05) is 40.8 Å². The number of amides is 1. The molecule has 0 unspecified atom stereocenters. The maximum Gasteiger partial charge on any atom is 0.335 e. The Kier molecular flexibility index (Phi) is 7.16. The zero-order valence-corrected chi connectivity index (χ0v) is 16.5. The van der Waals surface area contributed by atoms with E-state index in [9.17, 15) is 9.59 Å². The number of rotatable bonds is 5. The van der Waals surface area contributed by atoms with Crippen molar-refractivity contribution in [3.05, 3.63) is 101 Å². The topological polar surface area (TPSA) is 66.4 Å². The van der Waals surface area contributed by atoms with Crippen molar-refractivity contribution in [3.63, 3.8) is 0 Å². The summed E-state index contributed by atoms with van der Waals surface area (Å²) in [7, 11) is 0. The third kappa shape index (κ3) is 5.05. The molecule has 3 aromatic carbocycles. The number of nitrogens with one attached hydrogen (secondary N) is 1. The largest absolute Gasteiger partial charge is 0.478 e. The third-order valence-corrected chi connectivity index (χ3v) is 3.89. The Bertz CT molecular complexity index is 893. The number of carbonyl (C=O) groups excluding carboxylic acids is 1. The molecule has 1 radical (unpaired) electrons. The standard InChI is InChI=1S/C21H17NO3.Na/c23-20(22-18-12-10-16(11-13-18)21(24)25)19-9-5-4-8-17(19)14-15-6-2-1-3-7-15;/h1-13H,14H2,(H,22,23)(H,24,25);. The van der Waals surface area contributed by atoms with Gasteiger partial charge in [0.2, 0.25) is 0 Å². The second kappa shape index (κ2) is 9.34. The first kappa shape index (κ1) is 19.9. The Balaban J connectivity index is 0.00000243. The van der Waals surface area contributed by atoms with Gasteiger partial charge in [0.1, 0.15) is 0 Å². The predicted molar refractivity (Wildman–Crippen MR) is 103 cm³/mol. The van der Waals surface area contributed by atoms with Gasteiger partial charge in [-0.1, -0.05) is 48.5 Å². The Morgan fingerprint density at radius 2 is 1.42 bits per heavy atom. The molecule has 26 heavy (non-hydrogen) atoms. The summed E-state index contributed by atoms with van der Waals surface area (Å²) in [6.07, 6.45) is 0.669. The van der Waals surface area contributed by atoms with Crippen molar-refractivity contribution in [2.75, 3.05) is 5.32 Å². The zero-order valence-electron chi connectivity index (χ0n) is 14.5. The fourth-order valence-corrected chi connectivity index (χ4v) is 2.61. The number of benzene rings is 3. The summed E-state index contributed by atoms with van der Waals surface area (Å²) in [5.74, 6) is -1.21. The average molecular weight is 354 g/mol. The number of hydrogen-bond donors (Lipinski definition) is 2. The zero-order chi connectivity index (χ0) is 17.6. The van der Waals surface area contributed by atoms with Gasteiger partial charge >= 0.3 is 5.97 Å². The van der Waals surface area contributed by atoms with Gasteiger partial charge in [-0.3, -0.25) is 4.79 Å². The van der Waals surface area contributed by atoms with E-state index in [1.165, 1.54) is 12.1 Å². The van der Waals surface area contributed by atoms with Gasteiger partial charge in [0.15, 0.2) is 0 Å². The molecule has 0 saturated carbocycles. The molecule has 1 amide bonds. The molecule has 0 fully saturated rings. The van der Waals surface area contributed by atoms with Gasteiger partial charge in [0.05, 0.1) is 5.56 Å². The molecule has 0 saturated heterocycles. The van der Waals surface area contributed by atoms with Crippen LogP contribution in [-0.4, -0.2) is 46.5 Å². The predicted octanol–water partition coefficient (Wildman–Crippen LogP) is 3.85. The molecule has 125 valence electrons. The van der Waals surface area contributed by atoms with Crippen molar-refractivity contribution in [1.82, 2.24) is 0 Å². The van der Waals surface area contributed by atoms with Crippen molar-refractivity contribution < 1.29 is 14.7 Å². The maximum absolute atomic E-state index is 12.6. The van der Waals surface area contributed by atoms with Crippen LogP contribution in [0.15, 0.2) is 78.9 Å². The van der Waals surface area contributed by atoms with Crippen LogP contribution in [0, 0.1) is 0 Å². The number of anilines is 1. The second-order valence-corrected chi connectivity index (χ2v) is 5.66. The number of hydrogen-bond acceptors (Lipinski definition) is 2. The Morgan fingerprint density at radius 1 is 0.808 bits per heavy atom. The maximum atomic E-state index is 12.6. The van der Waals surface area contributed by atoms with Crippen molar-refractivity contribution in [2.45, 2.75) is 6.42 Å². The molecule has 0 atom stereocenters. The summed E-state index contributed by atoms with van der Waals surface area (Å²) in [4.78, 5) is 23.5. The summed E-state index contributed by atoms with van der Waals surface area (Å²) in [6.45, 7) is 0. The molecular formula is C21H17NNaO3. The molecule has 3 aromatic rings. The number of carboxylic acid groups (broad SMARTS) is 1. The van der Waals surface area contributed by atoms with Crippen LogP contribution in [0.2, 0.25) is 0 Å². The molecule has 0 aromatic heterocycles. The van der Waals surface area contributed by atoms with Crippen LogP contribution >= 0.6 is 0 Å². The van der Waals surface area contributed by atoms with E-state index < -0.39 is 5.97 Å². The fraction of sp³-hybridized carbons (Fsp3) is 0.0476. The fourth-order valence-electron chi connectivity index (χ4n) is 2.61. The van der Waals surface area contributed by atoms with Gasteiger partial charge in [0.25, 0.3) is 5.91 Å². The molecule has 0 aliphatic heterocycles. The molecule has 0 aliphatic rings. The number of carboxylic acids is 1. The van der Waals surface area contributed by atoms with E-state index in [0.717, 1.165) is 11.1 Å². The Morgan fingerprint density at radius 3 is 2.08 bits per heavy atom. The Hall–Kier alpha value is -2.40. The van der Waals surface area contributed by atoms with E-state index in [2.05, 4.69) is 5.32 Å². The van der Waals surface area contributed by atoms with Crippen LogP contribution < -0.4 is 5.32 Å². The summed E-state index contributed by atoms with van der Waals surface area (Å²) in [5.41, 5.74) is 3.42. The Labute approximate surface area is 174 Å². The van der Waals surface area contributed by atoms with E-state index in [-0.39, 0.29) is 41.0 Å². The van der Waals surface area contributed by atoms with Crippen LogP contribution in [0.4, 0.5) is 5.69 Å². The van der Waals surface area contributed by atoms with E-state index in [1.807, 2.05) is 48.5 Å². The first-order chi connectivity index (χ1) is 12.1. The van der Waals surface area contributed by atoms with E-state index >= 15 is 0 Å². The summed E-state index contributed by atoms with van der Waals surface area (Å²) < 4.78 is 0. The van der Waals surface area contributed by atoms with E-state index in [0.29, 0.717) is 17.7 Å². The van der Waals surface area contributed by atoms with Crippen LogP contribution in [0.3, 0.4) is 0 Å². The number of aromatic carboxylic acids is 1. The van der Waals surface area contributed by atoms with Crippen molar-refractivity contribution >= 4 is 47.1 Å². The molecule has 0 aliphatic carbocycles. The van der Waals surface area contributed by atoms with Crippen LogP contribution in [0.1, 0.15) is 31.8 Å². The number of carbonyl (C=O) groups is 2. The average Bonchev–Trinajstić information content (AvgIpc) is 2.63. The molecule has 3 rings (SSSR count). The third-order valence-electron chi connectivity index (χ3n) is 3.89. The molecule has 0 bridgehead atoms. The summed E-state index contributed by atoms with van der Waals surface area (Å²) >= 11 is 0. The van der Waals surface area contributed by atoms with Crippen molar-refractivity contribution in [3.8, 4) is 0 Å². The van der Waals surface area contributed by atoms with Gasteiger partial charge in [-0.2, -0.15) is 0 Å². The monoisotopic (exact) mass is 354 g/mol. The first-order valence-electron chi connectivity index (χ1n) is 7.90. The molecule has 0 heterocycles. The molecule has 5 heteroatoms. The second-order valence-electron chi connectivity index (χ2n) is 5.66. The minimum atomic E-state index is -0.994. The normalized spacial score (nSPS) is 9.85. The van der Waals surface area contributed by atoms with Gasteiger partial charge in [-0.15, -0.1) is 0 Å². The summed E-state index contributed by atoms with van der Waals surface area (Å²) in [6, 6.07) is 23.5. The smallest absolute Gasteiger partial charge is 0.335 e. The molecule has 2 N–H and O–H groups in total. The van der Waals surface area contributed by atoms with Gasteiger partial charge < -0.3 is 10.4 Å². The first-order valence-corrected chi connectivity index (χ1v) is 7.90. The van der Waals surface area contributed by atoms with Crippen molar-refractivity contribution in [2.24, 2.45) is 0 Å². The molecule has 4 nitrogen and oxygen atoms in total. The molecular weight excluding hydrogens is 337 g/mol. The van der Waals surface area contributed by atoms with Crippen LogP contribution in [-0.2, 0) is 6.42 Å². The van der Waals surface area contributed by atoms with Crippen LogP contribution in [0.25, 0.3) is 0 Å². The quantitative estimate of drug-likeness (QED) is 0.684. The SMILES string of the molecule is O=C(O)c1ccc(NC(=O)c2ccccc2Cc2ccccc2)cc1.[Na]. The summed E-state index contributed by atoms with van der Waals surface area (Å²) in [5, 5.41) is 11.7. The minimum Gasteiger partial charge on any atom is -0.478 e. The van der Waals surface area contributed by atoms with Gasteiger partial charge in [-0.05, 0) is 47.9 Å². The van der Waals surface area contributed by atoms with E-state index in [4.69, 9.17) is 5.11 Å².